The van der Waals surface area contributed by atoms with E-state index in [1.165, 1.54) is 11.8 Å². The van der Waals surface area contributed by atoms with Gasteiger partial charge in [0.2, 0.25) is 5.91 Å². The van der Waals surface area contributed by atoms with Crippen molar-refractivity contribution < 1.29 is 9.59 Å². The number of carbonyl (C=O) groups excluding carboxylic acids is 2. The molecular formula is C26H22N4O2S. The maximum Gasteiger partial charge on any atom is 0.263 e. The van der Waals surface area contributed by atoms with Crippen LogP contribution in [0, 0.1) is 0 Å². The van der Waals surface area contributed by atoms with Crippen molar-refractivity contribution in [2.24, 2.45) is 9.98 Å². The van der Waals surface area contributed by atoms with Crippen LogP contribution in [0.5, 0.6) is 0 Å². The summed E-state index contributed by atoms with van der Waals surface area (Å²) in [5.41, 5.74) is 3.42. The third kappa shape index (κ3) is 4.19. The van der Waals surface area contributed by atoms with Crippen LogP contribution in [0.15, 0.2) is 94.9 Å². The first-order chi connectivity index (χ1) is 16.1. The Morgan fingerprint density at radius 3 is 2.42 bits per heavy atom. The van der Waals surface area contributed by atoms with Crippen molar-refractivity contribution in [3.8, 4) is 0 Å². The molecule has 0 spiro atoms. The maximum atomic E-state index is 13.4. The molecule has 164 valence electrons. The lowest BCUT2D eigenvalue weighted by atomic mass is 10.1. The van der Waals surface area contributed by atoms with Crippen LogP contribution in [-0.4, -0.2) is 33.0 Å². The van der Waals surface area contributed by atoms with Crippen LogP contribution in [0.25, 0.3) is 0 Å². The summed E-state index contributed by atoms with van der Waals surface area (Å²) in [6.07, 6.45) is 0. The van der Waals surface area contributed by atoms with Crippen LogP contribution in [0.2, 0.25) is 0 Å². The second kappa shape index (κ2) is 9.03. The lowest BCUT2D eigenvalue weighted by molar-refractivity contribution is -0.124. The van der Waals surface area contributed by atoms with Crippen molar-refractivity contribution in [3.05, 3.63) is 102 Å². The molecule has 2 heterocycles. The van der Waals surface area contributed by atoms with Gasteiger partial charge in [-0.05, 0) is 30.2 Å². The van der Waals surface area contributed by atoms with Gasteiger partial charge in [0.05, 0.1) is 10.9 Å². The largest absolute Gasteiger partial charge is 0.351 e. The minimum atomic E-state index is -0.625. The van der Waals surface area contributed by atoms with Crippen LogP contribution >= 0.6 is 11.8 Å². The molecule has 0 saturated carbocycles. The number of nitrogens with one attached hydrogen (secondary N) is 1. The summed E-state index contributed by atoms with van der Waals surface area (Å²) in [6.45, 7) is 2.27. The van der Waals surface area contributed by atoms with Gasteiger partial charge in [-0.15, -0.1) is 0 Å². The highest BCUT2D eigenvalue weighted by Gasteiger charge is 2.42. The summed E-state index contributed by atoms with van der Waals surface area (Å²) in [5, 5.41) is 2.99. The van der Waals surface area contributed by atoms with Crippen LogP contribution < -0.4 is 5.32 Å². The number of benzene rings is 3. The van der Waals surface area contributed by atoms with E-state index in [2.05, 4.69) is 5.32 Å². The van der Waals surface area contributed by atoms with Gasteiger partial charge in [-0.2, -0.15) is 0 Å². The van der Waals surface area contributed by atoms with Gasteiger partial charge < -0.3 is 5.32 Å². The Morgan fingerprint density at radius 1 is 1.00 bits per heavy atom. The predicted octanol–water partition coefficient (Wildman–Crippen LogP) is 4.46. The van der Waals surface area contributed by atoms with Crippen molar-refractivity contribution in [2.75, 3.05) is 0 Å². The molecule has 3 aromatic carbocycles. The topological polar surface area (TPSA) is 74.1 Å². The highest BCUT2D eigenvalue weighted by molar-refractivity contribution is 8.15. The fourth-order valence-corrected chi connectivity index (χ4v) is 4.76. The number of aliphatic imine (C=N–C) groups is 2. The number of amidine groups is 2. The van der Waals surface area contributed by atoms with Gasteiger partial charge in [-0.3, -0.25) is 9.59 Å². The summed E-state index contributed by atoms with van der Waals surface area (Å²) in [6, 6.07) is 26.3. The lowest BCUT2D eigenvalue weighted by Gasteiger charge is -2.26. The maximum absolute atomic E-state index is 13.4. The molecule has 0 aliphatic carbocycles. The summed E-state index contributed by atoms with van der Waals surface area (Å²) >= 11 is 1.27. The van der Waals surface area contributed by atoms with Gasteiger partial charge in [0.1, 0.15) is 5.84 Å². The van der Waals surface area contributed by atoms with Crippen molar-refractivity contribution in [1.29, 1.82) is 0 Å². The first-order valence-corrected chi connectivity index (χ1v) is 11.6. The number of rotatable bonds is 5. The molecule has 2 atom stereocenters. The molecule has 0 aromatic heterocycles. The highest BCUT2D eigenvalue weighted by atomic mass is 32.2. The second-order valence-electron chi connectivity index (χ2n) is 7.81. The number of para-hydroxylation sites is 1. The van der Waals surface area contributed by atoms with Crippen LogP contribution in [0.4, 0.5) is 5.69 Å². The van der Waals surface area contributed by atoms with E-state index in [9.17, 15) is 9.59 Å². The van der Waals surface area contributed by atoms with E-state index < -0.39 is 11.3 Å². The van der Waals surface area contributed by atoms with Gasteiger partial charge in [0.25, 0.3) is 5.91 Å². The van der Waals surface area contributed by atoms with Gasteiger partial charge >= 0.3 is 0 Å². The molecule has 0 bridgehead atoms. The third-order valence-electron chi connectivity index (χ3n) is 5.55. The Balaban J connectivity index is 1.39. The number of hydrogen-bond donors (Lipinski definition) is 1. The fraction of sp³-hybridized carbons (Fsp3) is 0.154. The van der Waals surface area contributed by atoms with Gasteiger partial charge in [0, 0.05) is 12.1 Å². The molecule has 1 N–H and O–H groups in total. The average Bonchev–Trinajstić information content (AvgIpc) is 3.21. The predicted molar refractivity (Wildman–Crippen MR) is 131 cm³/mol. The van der Waals surface area contributed by atoms with Crippen molar-refractivity contribution >= 4 is 40.3 Å². The molecule has 0 fully saturated rings. The minimum absolute atomic E-state index is 0.116. The average molecular weight is 455 g/mol. The van der Waals surface area contributed by atoms with Crippen LogP contribution in [0.3, 0.4) is 0 Å². The van der Waals surface area contributed by atoms with E-state index in [1.807, 2.05) is 91.9 Å². The summed E-state index contributed by atoms with van der Waals surface area (Å²) < 4.78 is 0. The van der Waals surface area contributed by atoms with Gasteiger partial charge in [0.15, 0.2) is 11.2 Å². The molecule has 33 heavy (non-hydrogen) atoms. The van der Waals surface area contributed by atoms with Crippen LogP contribution in [-0.2, 0) is 16.1 Å². The summed E-state index contributed by atoms with van der Waals surface area (Å²) in [4.78, 5) is 37.3. The Bertz CT molecular complexity index is 1260. The standard InChI is InChI=1S/C26H22N4O2S/c1-17(24(31)27-16-18-10-4-2-5-11-18)33-26-28-21-15-9-8-14-20(21)23-29-22(25(32)30(23)26)19-12-6-3-7-13-19/h2-15,17,22H,16H2,1H3,(H,27,31). The van der Waals surface area contributed by atoms with E-state index in [0.717, 1.165) is 22.4 Å². The first kappa shape index (κ1) is 21.2. The SMILES string of the molecule is CC(SC1=Nc2ccccc2C2=NC(c3ccccc3)C(=O)N12)C(=O)NCc1ccccc1. The van der Waals surface area contributed by atoms with Gasteiger partial charge in [-0.25, -0.2) is 14.9 Å². The molecule has 6 nitrogen and oxygen atoms in total. The van der Waals surface area contributed by atoms with Crippen molar-refractivity contribution in [2.45, 2.75) is 24.8 Å². The first-order valence-electron chi connectivity index (χ1n) is 10.7. The number of hydrogen-bond acceptors (Lipinski definition) is 5. The number of amides is 2. The summed E-state index contributed by atoms with van der Waals surface area (Å²) in [7, 11) is 0. The summed E-state index contributed by atoms with van der Waals surface area (Å²) in [5.74, 6) is 0.308. The molecule has 2 aliphatic heterocycles. The van der Waals surface area contributed by atoms with Crippen LogP contribution in [0.1, 0.15) is 29.7 Å². The number of thioether (sulfide) groups is 1. The molecule has 7 heteroatoms. The van der Waals surface area contributed by atoms with E-state index in [-0.39, 0.29) is 11.8 Å². The molecule has 2 amide bonds. The normalized spacial score (nSPS) is 17.5. The Hall–Kier alpha value is -3.71. The molecule has 5 rings (SSSR count). The molecule has 3 aromatic rings. The van der Waals surface area contributed by atoms with E-state index in [0.29, 0.717) is 17.5 Å². The molecule has 0 radical (unpaired) electrons. The third-order valence-corrected chi connectivity index (χ3v) is 6.60. The van der Waals surface area contributed by atoms with E-state index in [4.69, 9.17) is 9.98 Å². The Labute approximate surface area is 196 Å². The quantitative estimate of drug-likeness (QED) is 0.619. The van der Waals surface area contributed by atoms with Gasteiger partial charge in [-0.1, -0.05) is 84.6 Å². The monoisotopic (exact) mass is 454 g/mol. The number of carbonyl (C=O) groups is 2. The molecule has 2 aliphatic rings. The molecule has 2 unspecified atom stereocenters. The Morgan fingerprint density at radius 2 is 1.67 bits per heavy atom. The lowest BCUT2D eigenvalue weighted by Crippen LogP contribution is -2.41. The van der Waals surface area contributed by atoms with Crippen molar-refractivity contribution in [1.82, 2.24) is 10.2 Å². The molecule has 0 saturated heterocycles. The zero-order valence-corrected chi connectivity index (χ0v) is 18.8. The Kier molecular flexibility index (Phi) is 5.79. The fourth-order valence-electron chi connectivity index (χ4n) is 3.82. The molecular weight excluding hydrogens is 432 g/mol. The number of nitrogens with zero attached hydrogens (tertiary/aromatic N) is 3. The number of fused-ring (bicyclic) bond motifs is 3. The van der Waals surface area contributed by atoms with E-state index >= 15 is 0 Å². The highest BCUT2D eigenvalue weighted by Crippen LogP contribution is 2.38. The minimum Gasteiger partial charge on any atom is -0.351 e. The smallest absolute Gasteiger partial charge is 0.263 e. The zero-order valence-electron chi connectivity index (χ0n) is 18.0. The van der Waals surface area contributed by atoms with E-state index in [1.54, 1.807) is 4.90 Å². The second-order valence-corrected chi connectivity index (χ2v) is 9.12. The zero-order chi connectivity index (χ0) is 22.8. The van der Waals surface area contributed by atoms with Crippen molar-refractivity contribution in [3.63, 3.8) is 0 Å².